The number of carbonyl (C=O) groups excluding carboxylic acids is 1. The highest BCUT2D eigenvalue weighted by molar-refractivity contribution is 6.06. The van der Waals surface area contributed by atoms with Crippen LogP contribution in [0.4, 0.5) is 0 Å². The van der Waals surface area contributed by atoms with Crippen molar-refractivity contribution in [3.63, 3.8) is 0 Å². The van der Waals surface area contributed by atoms with E-state index in [1.165, 1.54) is 19.3 Å². The van der Waals surface area contributed by atoms with Gasteiger partial charge in [0.05, 0.1) is 7.11 Å². The molecule has 3 rings (SSSR count). The minimum atomic E-state index is -0.0797. The van der Waals surface area contributed by atoms with Gasteiger partial charge < -0.3 is 9.47 Å². The Bertz CT molecular complexity index is 768. The zero-order chi connectivity index (χ0) is 18.9. The Labute approximate surface area is 160 Å². The molecule has 1 fully saturated rings. The molecule has 0 spiro atoms. The zero-order valence-electron chi connectivity index (χ0n) is 15.8. The van der Waals surface area contributed by atoms with E-state index in [0.717, 1.165) is 30.9 Å². The van der Waals surface area contributed by atoms with Crippen LogP contribution in [0.3, 0.4) is 0 Å². The lowest BCUT2D eigenvalue weighted by Crippen LogP contribution is -2.33. The Morgan fingerprint density at radius 2 is 2.04 bits per heavy atom. The van der Waals surface area contributed by atoms with Crippen LogP contribution in [-0.4, -0.2) is 49.0 Å². The van der Waals surface area contributed by atoms with Crippen LogP contribution in [0, 0.1) is 0 Å². The van der Waals surface area contributed by atoms with Crippen LogP contribution in [0.15, 0.2) is 48.8 Å². The maximum absolute atomic E-state index is 12.1. The fraction of sp³-hybridized carbons (Fsp3) is 0.364. The van der Waals surface area contributed by atoms with Gasteiger partial charge in [-0.25, -0.2) is 0 Å². The number of aromatic nitrogens is 1. The lowest BCUT2D eigenvalue weighted by molar-refractivity contribution is 0.104. The van der Waals surface area contributed by atoms with Crippen molar-refractivity contribution in [2.24, 2.45) is 0 Å². The van der Waals surface area contributed by atoms with E-state index in [4.69, 9.17) is 9.47 Å². The van der Waals surface area contributed by atoms with Crippen LogP contribution >= 0.6 is 0 Å². The van der Waals surface area contributed by atoms with E-state index < -0.39 is 0 Å². The Balaban J connectivity index is 1.58. The molecule has 142 valence electrons. The minimum Gasteiger partial charge on any atom is -0.493 e. The van der Waals surface area contributed by atoms with Gasteiger partial charge in [-0.3, -0.25) is 14.7 Å². The second kappa shape index (κ2) is 9.88. The smallest absolute Gasteiger partial charge is 0.187 e. The van der Waals surface area contributed by atoms with Crippen molar-refractivity contribution < 1.29 is 14.3 Å². The monoisotopic (exact) mass is 366 g/mol. The number of hydrogen-bond acceptors (Lipinski definition) is 5. The molecule has 5 nitrogen and oxygen atoms in total. The van der Waals surface area contributed by atoms with Gasteiger partial charge in [0.25, 0.3) is 0 Å². The number of carbonyl (C=O) groups is 1. The molecule has 1 aromatic carbocycles. The summed E-state index contributed by atoms with van der Waals surface area (Å²) in [5, 5.41) is 0. The van der Waals surface area contributed by atoms with E-state index in [1.807, 2.05) is 18.2 Å². The standard InChI is InChI=1S/C22H26N2O3/c1-26-22-16-18(7-9-20(25)19-6-5-11-23-17-19)8-10-21(22)27-15-14-24-12-3-2-4-13-24/h5-11,16-17H,2-4,12-15H2,1H3/b9-7-. The van der Waals surface area contributed by atoms with Gasteiger partial charge in [-0.05, 0) is 61.8 Å². The first-order chi connectivity index (χ1) is 13.3. The molecule has 1 aliphatic heterocycles. The average Bonchev–Trinajstić information content (AvgIpc) is 2.74. The van der Waals surface area contributed by atoms with E-state index in [2.05, 4.69) is 9.88 Å². The second-order valence-electron chi connectivity index (χ2n) is 6.60. The number of benzene rings is 1. The largest absolute Gasteiger partial charge is 0.493 e. The maximum Gasteiger partial charge on any atom is 0.187 e. The number of ether oxygens (including phenoxy) is 2. The molecule has 5 heteroatoms. The van der Waals surface area contributed by atoms with Crippen molar-refractivity contribution in [1.82, 2.24) is 9.88 Å². The minimum absolute atomic E-state index is 0.0797. The number of pyridine rings is 1. The molecule has 0 unspecified atom stereocenters. The van der Waals surface area contributed by atoms with Gasteiger partial charge in [-0.15, -0.1) is 0 Å². The summed E-state index contributed by atoms with van der Waals surface area (Å²) in [6.07, 6.45) is 10.4. The Morgan fingerprint density at radius 3 is 2.78 bits per heavy atom. The summed E-state index contributed by atoms with van der Waals surface area (Å²) in [6, 6.07) is 9.19. The Morgan fingerprint density at radius 1 is 1.19 bits per heavy atom. The van der Waals surface area contributed by atoms with Crippen LogP contribution in [-0.2, 0) is 0 Å². The molecule has 1 aliphatic rings. The van der Waals surface area contributed by atoms with Gasteiger partial charge in [0.1, 0.15) is 6.61 Å². The van der Waals surface area contributed by atoms with Gasteiger partial charge in [-0.2, -0.15) is 0 Å². The molecule has 0 atom stereocenters. The molecule has 2 aromatic rings. The third-order valence-corrected chi connectivity index (χ3v) is 4.67. The van der Waals surface area contributed by atoms with Crippen LogP contribution in [0.5, 0.6) is 11.5 Å². The fourth-order valence-corrected chi connectivity index (χ4v) is 3.15. The predicted molar refractivity (Wildman–Crippen MR) is 106 cm³/mol. The number of nitrogens with zero attached hydrogens (tertiary/aromatic N) is 2. The van der Waals surface area contributed by atoms with E-state index in [0.29, 0.717) is 17.9 Å². The highest BCUT2D eigenvalue weighted by Gasteiger charge is 2.11. The molecule has 0 radical (unpaired) electrons. The summed E-state index contributed by atoms with van der Waals surface area (Å²) >= 11 is 0. The summed E-state index contributed by atoms with van der Waals surface area (Å²) < 4.78 is 11.4. The van der Waals surface area contributed by atoms with Gasteiger partial charge in [-0.1, -0.05) is 18.6 Å². The summed E-state index contributed by atoms with van der Waals surface area (Å²) in [6.45, 7) is 3.90. The third kappa shape index (κ3) is 5.66. The normalized spacial score (nSPS) is 15.0. The molecule has 27 heavy (non-hydrogen) atoms. The molecule has 0 saturated carbocycles. The van der Waals surface area contributed by atoms with Crippen molar-refractivity contribution in [3.8, 4) is 11.5 Å². The van der Waals surface area contributed by atoms with Gasteiger partial charge in [0.2, 0.25) is 0 Å². The van der Waals surface area contributed by atoms with Crippen molar-refractivity contribution in [3.05, 3.63) is 59.9 Å². The van der Waals surface area contributed by atoms with Gasteiger partial charge >= 0.3 is 0 Å². The quantitative estimate of drug-likeness (QED) is 0.525. The van der Waals surface area contributed by atoms with Crippen molar-refractivity contribution in [2.75, 3.05) is 33.4 Å². The Hall–Kier alpha value is -2.66. The number of methoxy groups -OCH3 is 1. The molecule has 1 saturated heterocycles. The lowest BCUT2D eigenvalue weighted by Gasteiger charge is -2.26. The number of likely N-dealkylation sites (tertiary alicyclic amines) is 1. The van der Waals surface area contributed by atoms with E-state index >= 15 is 0 Å². The van der Waals surface area contributed by atoms with E-state index in [9.17, 15) is 4.79 Å². The number of allylic oxidation sites excluding steroid dienone is 1. The number of ketones is 1. The number of hydrogen-bond donors (Lipinski definition) is 0. The Kier molecular flexibility index (Phi) is 6.99. The lowest BCUT2D eigenvalue weighted by atomic mass is 10.1. The maximum atomic E-state index is 12.1. The molecule has 0 N–H and O–H groups in total. The van der Waals surface area contributed by atoms with Crippen LogP contribution in [0.1, 0.15) is 35.2 Å². The van der Waals surface area contributed by atoms with Crippen molar-refractivity contribution in [1.29, 1.82) is 0 Å². The molecule has 1 aromatic heterocycles. The predicted octanol–water partition coefficient (Wildman–Crippen LogP) is 3.85. The van der Waals surface area contributed by atoms with Crippen molar-refractivity contribution >= 4 is 11.9 Å². The molecule has 2 heterocycles. The number of rotatable bonds is 8. The van der Waals surface area contributed by atoms with Crippen LogP contribution < -0.4 is 9.47 Å². The fourth-order valence-electron chi connectivity index (χ4n) is 3.15. The summed E-state index contributed by atoms with van der Waals surface area (Å²) in [7, 11) is 1.63. The summed E-state index contributed by atoms with van der Waals surface area (Å²) in [4.78, 5) is 18.6. The third-order valence-electron chi connectivity index (χ3n) is 4.67. The summed E-state index contributed by atoms with van der Waals surface area (Å²) in [5.41, 5.74) is 1.45. The first kappa shape index (κ1) is 19.1. The molecular formula is C22H26N2O3. The van der Waals surface area contributed by atoms with Crippen LogP contribution in [0.25, 0.3) is 6.08 Å². The van der Waals surface area contributed by atoms with E-state index in [1.54, 1.807) is 43.8 Å². The number of piperidine rings is 1. The van der Waals surface area contributed by atoms with Gasteiger partial charge in [0.15, 0.2) is 17.3 Å². The molecular weight excluding hydrogens is 340 g/mol. The highest BCUT2D eigenvalue weighted by Crippen LogP contribution is 2.28. The average molecular weight is 366 g/mol. The first-order valence-corrected chi connectivity index (χ1v) is 9.42. The van der Waals surface area contributed by atoms with E-state index in [-0.39, 0.29) is 5.78 Å². The SMILES string of the molecule is COc1cc(/C=C\C(=O)c2cccnc2)ccc1OCCN1CCCCC1. The van der Waals surface area contributed by atoms with Crippen molar-refractivity contribution in [2.45, 2.75) is 19.3 Å². The van der Waals surface area contributed by atoms with Crippen LogP contribution in [0.2, 0.25) is 0 Å². The first-order valence-electron chi connectivity index (χ1n) is 9.42. The molecule has 0 aliphatic carbocycles. The van der Waals surface area contributed by atoms with Gasteiger partial charge in [0, 0.05) is 24.5 Å². The molecule has 0 bridgehead atoms. The molecule has 0 amide bonds. The summed E-state index contributed by atoms with van der Waals surface area (Å²) in [5.74, 6) is 1.32. The second-order valence-corrected chi connectivity index (χ2v) is 6.60. The topological polar surface area (TPSA) is 51.7 Å². The highest BCUT2D eigenvalue weighted by atomic mass is 16.5. The zero-order valence-corrected chi connectivity index (χ0v) is 15.8.